The summed E-state index contributed by atoms with van der Waals surface area (Å²) in [6.07, 6.45) is 6.83. The Morgan fingerprint density at radius 2 is 1.86 bits per heavy atom. The van der Waals surface area contributed by atoms with Gasteiger partial charge in [0.25, 0.3) is 5.91 Å². The summed E-state index contributed by atoms with van der Waals surface area (Å²) in [6, 6.07) is 13.3. The molecule has 7 nitrogen and oxygen atoms in total. The molecule has 4 aromatic rings. The Kier molecular flexibility index (Phi) is 4.24. The third kappa shape index (κ3) is 2.93. The van der Waals surface area contributed by atoms with Gasteiger partial charge in [0.05, 0.1) is 17.3 Å². The van der Waals surface area contributed by atoms with Gasteiger partial charge < -0.3 is 14.3 Å². The fourth-order valence-electron chi connectivity index (χ4n) is 4.17. The van der Waals surface area contributed by atoms with Crippen molar-refractivity contribution in [1.82, 2.24) is 14.5 Å². The van der Waals surface area contributed by atoms with Crippen LogP contribution >= 0.6 is 0 Å². The van der Waals surface area contributed by atoms with E-state index < -0.39 is 5.91 Å². The summed E-state index contributed by atoms with van der Waals surface area (Å²) in [4.78, 5) is 22.3. The van der Waals surface area contributed by atoms with E-state index in [4.69, 9.17) is 14.4 Å². The fourth-order valence-corrected chi connectivity index (χ4v) is 4.17. The third-order valence-electron chi connectivity index (χ3n) is 5.52. The zero-order valence-corrected chi connectivity index (χ0v) is 15.8. The van der Waals surface area contributed by atoms with Gasteiger partial charge in [0.15, 0.2) is 11.4 Å². The first-order valence-corrected chi connectivity index (χ1v) is 9.82. The van der Waals surface area contributed by atoms with Crippen molar-refractivity contribution < 1.29 is 9.21 Å². The molecule has 3 aromatic heterocycles. The molecule has 0 aliphatic heterocycles. The Balaban J connectivity index is 1.75. The smallest absolute Gasteiger partial charge is 0.292 e. The zero-order valence-electron chi connectivity index (χ0n) is 15.8. The number of anilines is 1. The summed E-state index contributed by atoms with van der Waals surface area (Å²) in [7, 11) is 0. The van der Waals surface area contributed by atoms with E-state index in [1.54, 1.807) is 12.1 Å². The molecule has 7 heteroatoms. The normalized spacial score (nSPS) is 14.9. The van der Waals surface area contributed by atoms with Crippen molar-refractivity contribution in [2.75, 3.05) is 5.32 Å². The Morgan fingerprint density at radius 3 is 2.55 bits per heavy atom. The van der Waals surface area contributed by atoms with Crippen LogP contribution in [0.25, 0.3) is 22.2 Å². The molecule has 144 valence electrons. The highest BCUT2D eigenvalue weighted by atomic mass is 16.3. The predicted octanol–water partition coefficient (Wildman–Crippen LogP) is 4.81. The van der Waals surface area contributed by atoms with E-state index >= 15 is 0 Å². The first-order chi connectivity index (χ1) is 14.3. The molecule has 0 spiro atoms. The lowest BCUT2D eigenvalue weighted by molar-refractivity contribution is 0.0995. The zero-order chi connectivity index (χ0) is 19.8. The van der Waals surface area contributed by atoms with Crippen molar-refractivity contribution >= 4 is 33.9 Å². The van der Waals surface area contributed by atoms with E-state index in [0.29, 0.717) is 22.5 Å². The van der Waals surface area contributed by atoms with Gasteiger partial charge in [0.2, 0.25) is 0 Å². The lowest BCUT2D eigenvalue weighted by atomic mass is 9.95. The van der Waals surface area contributed by atoms with Gasteiger partial charge >= 0.3 is 0 Å². The molecular formula is C22H19N5O2. The van der Waals surface area contributed by atoms with Crippen LogP contribution in [0.3, 0.4) is 0 Å². The molecule has 1 saturated carbocycles. The highest BCUT2D eigenvalue weighted by molar-refractivity contribution is 6.05. The van der Waals surface area contributed by atoms with E-state index in [9.17, 15) is 10.1 Å². The quantitative estimate of drug-likeness (QED) is 0.546. The van der Waals surface area contributed by atoms with E-state index in [1.807, 2.05) is 28.8 Å². The summed E-state index contributed by atoms with van der Waals surface area (Å²) in [5, 5.41) is 12.8. The number of nitriles is 1. The number of fused-ring (bicyclic) bond motifs is 2. The molecule has 1 aliphatic rings. The van der Waals surface area contributed by atoms with Gasteiger partial charge in [-0.05, 0) is 37.1 Å². The number of amides is 1. The molecule has 1 amide bonds. The molecule has 0 bridgehead atoms. The lowest BCUT2D eigenvalue weighted by Gasteiger charge is -2.25. The molecule has 0 saturated heterocycles. The van der Waals surface area contributed by atoms with Gasteiger partial charge in [-0.25, -0.2) is 9.97 Å². The van der Waals surface area contributed by atoms with Gasteiger partial charge in [0, 0.05) is 6.04 Å². The standard InChI is InChI=1S/C22H19N5O2/c23-13-15-19-21(25-17-10-5-4-9-16(17)24-19)27(14-7-2-1-3-8-14)20(15)26-22(28)18-11-6-12-29-18/h4-6,9-12,14H,1-3,7-8H2,(H,26,28). The fraction of sp³-hybridized carbons (Fsp3) is 0.273. The van der Waals surface area contributed by atoms with Crippen LogP contribution in [-0.2, 0) is 0 Å². The van der Waals surface area contributed by atoms with Crippen LogP contribution in [0.1, 0.15) is 54.3 Å². The SMILES string of the molecule is N#Cc1c(NC(=O)c2ccco2)n(C2CCCCC2)c2nc3ccccc3nc12. The second-order valence-corrected chi connectivity index (χ2v) is 7.31. The van der Waals surface area contributed by atoms with Gasteiger partial charge in [-0.1, -0.05) is 31.4 Å². The largest absolute Gasteiger partial charge is 0.459 e. The van der Waals surface area contributed by atoms with Crippen molar-refractivity contribution in [3.63, 3.8) is 0 Å². The van der Waals surface area contributed by atoms with E-state index in [2.05, 4.69) is 11.4 Å². The minimum absolute atomic E-state index is 0.163. The number of carbonyl (C=O) groups excluding carboxylic acids is 1. The summed E-state index contributed by atoms with van der Waals surface area (Å²) < 4.78 is 7.24. The second kappa shape index (κ2) is 7.06. The van der Waals surface area contributed by atoms with E-state index in [-0.39, 0.29) is 11.8 Å². The number of rotatable bonds is 3. The van der Waals surface area contributed by atoms with Gasteiger partial charge in [-0.2, -0.15) is 5.26 Å². The molecule has 1 N–H and O–H groups in total. The minimum Gasteiger partial charge on any atom is -0.459 e. The maximum absolute atomic E-state index is 12.7. The number of furan rings is 1. The van der Waals surface area contributed by atoms with Gasteiger partial charge in [-0.15, -0.1) is 0 Å². The molecule has 1 aliphatic carbocycles. The van der Waals surface area contributed by atoms with Crippen LogP contribution in [-0.4, -0.2) is 20.4 Å². The molecule has 0 unspecified atom stereocenters. The molecular weight excluding hydrogens is 366 g/mol. The van der Waals surface area contributed by atoms with Crippen molar-refractivity contribution in [3.8, 4) is 6.07 Å². The van der Waals surface area contributed by atoms with Crippen molar-refractivity contribution in [3.05, 3.63) is 54.0 Å². The minimum atomic E-state index is -0.393. The number of nitrogens with one attached hydrogen (secondary N) is 1. The van der Waals surface area contributed by atoms with Crippen LogP contribution in [0.4, 0.5) is 5.82 Å². The first-order valence-electron chi connectivity index (χ1n) is 9.82. The van der Waals surface area contributed by atoms with Crippen LogP contribution in [0, 0.1) is 11.3 Å². The van der Waals surface area contributed by atoms with Crippen LogP contribution < -0.4 is 5.32 Å². The molecule has 5 rings (SSSR count). The average Bonchev–Trinajstić information content (AvgIpc) is 3.39. The maximum Gasteiger partial charge on any atom is 0.292 e. The monoisotopic (exact) mass is 385 g/mol. The highest BCUT2D eigenvalue weighted by Gasteiger charge is 2.28. The van der Waals surface area contributed by atoms with E-state index in [0.717, 1.165) is 36.7 Å². The molecule has 3 heterocycles. The first kappa shape index (κ1) is 17.4. The maximum atomic E-state index is 12.7. The third-order valence-corrected chi connectivity index (χ3v) is 5.52. The summed E-state index contributed by atoms with van der Waals surface area (Å²) in [5.74, 6) is 0.252. The lowest BCUT2D eigenvalue weighted by Crippen LogP contribution is -2.20. The number of hydrogen-bond donors (Lipinski definition) is 1. The van der Waals surface area contributed by atoms with Gasteiger partial charge in [-0.3, -0.25) is 4.79 Å². The number of benzene rings is 1. The molecule has 0 radical (unpaired) electrons. The Hall–Kier alpha value is -3.66. The van der Waals surface area contributed by atoms with Crippen molar-refractivity contribution in [1.29, 1.82) is 5.26 Å². The van der Waals surface area contributed by atoms with Crippen molar-refractivity contribution in [2.24, 2.45) is 0 Å². The van der Waals surface area contributed by atoms with Gasteiger partial charge in [0.1, 0.15) is 23.0 Å². The van der Waals surface area contributed by atoms with Crippen molar-refractivity contribution in [2.45, 2.75) is 38.1 Å². The Morgan fingerprint density at radius 1 is 1.10 bits per heavy atom. The topological polar surface area (TPSA) is 96.7 Å². The summed E-state index contributed by atoms with van der Waals surface area (Å²) in [5.41, 5.74) is 2.99. The van der Waals surface area contributed by atoms with E-state index in [1.165, 1.54) is 12.7 Å². The molecule has 1 aromatic carbocycles. The highest BCUT2D eigenvalue weighted by Crippen LogP contribution is 2.38. The number of nitrogens with zero attached hydrogens (tertiary/aromatic N) is 4. The summed E-state index contributed by atoms with van der Waals surface area (Å²) in [6.45, 7) is 0. The number of hydrogen-bond acceptors (Lipinski definition) is 5. The number of carbonyl (C=O) groups is 1. The summed E-state index contributed by atoms with van der Waals surface area (Å²) >= 11 is 0. The van der Waals surface area contributed by atoms with Crippen LogP contribution in [0.5, 0.6) is 0 Å². The molecule has 1 fully saturated rings. The number of aromatic nitrogens is 3. The average molecular weight is 385 g/mol. The molecule has 29 heavy (non-hydrogen) atoms. The predicted molar refractivity (Wildman–Crippen MR) is 109 cm³/mol. The molecule has 0 atom stereocenters. The Labute approximate surface area is 167 Å². The van der Waals surface area contributed by atoms with Crippen LogP contribution in [0.15, 0.2) is 47.1 Å². The second-order valence-electron chi connectivity index (χ2n) is 7.31. The van der Waals surface area contributed by atoms with Crippen LogP contribution in [0.2, 0.25) is 0 Å². The number of para-hydroxylation sites is 2. The Bertz CT molecular complexity index is 1240.